The first-order valence-corrected chi connectivity index (χ1v) is 5.58. The van der Waals surface area contributed by atoms with E-state index < -0.39 is 5.82 Å². The lowest BCUT2D eigenvalue weighted by Gasteiger charge is -2.47. The van der Waals surface area contributed by atoms with Crippen molar-refractivity contribution in [2.45, 2.75) is 13.8 Å². The molecule has 1 nitrogen and oxygen atoms in total. The molecule has 0 amide bonds. The fourth-order valence-electron chi connectivity index (χ4n) is 1.91. The van der Waals surface area contributed by atoms with Crippen LogP contribution in [0.15, 0.2) is 16.6 Å². The zero-order valence-corrected chi connectivity index (χ0v) is 10.2. The summed E-state index contributed by atoms with van der Waals surface area (Å²) in [7, 11) is 0. The number of hydrogen-bond acceptors (Lipinski definition) is 1. The van der Waals surface area contributed by atoms with Crippen molar-refractivity contribution < 1.29 is 8.78 Å². The van der Waals surface area contributed by atoms with Gasteiger partial charge in [-0.3, -0.25) is 0 Å². The fourth-order valence-corrected chi connectivity index (χ4v) is 2.23. The van der Waals surface area contributed by atoms with E-state index in [2.05, 4.69) is 29.8 Å². The Labute approximate surface area is 96.2 Å². The second-order valence-electron chi connectivity index (χ2n) is 4.74. The molecule has 0 aromatic heterocycles. The van der Waals surface area contributed by atoms with Crippen LogP contribution >= 0.6 is 15.9 Å². The van der Waals surface area contributed by atoms with Gasteiger partial charge in [0, 0.05) is 19.2 Å². The molecule has 1 fully saturated rings. The van der Waals surface area contributed by atoms with E-state index in [9.17, 15) is 8.78 Å². The molecule has 0 radical (unpaired) electrons. The van der Waals surface area contributed by atoms with E-state index in [0.717, 1.165) is 13.1 Å². The van der Waals surface area contributed by atoms with Gasteiger partial charge < -0.3 is 4.90 Å². The maximum Gasteiger partial charge on any atom is 0.147 e. The van der Waals surface area contributed by atoms with Crippen LogP contribution in [0.1, 0.15) is 13.8 Å². The number of hydrogen-bond donors (Lipinski definition) is 0. The summed E-state index contributed by atoms with van der Waals surface area (Å²) in [5, 5.41) is 0. The average molecular weight is 276 g/mol. The Balaban J connectivity index is 2.27. The van der Waals surface area contributed by atoms with E-state index in [-0.39, 0.29) is 15.7 Å². The zero-order chi connectivity index (χ0) is 11.2. The molecule has 0 saturated carbocycles. The first kappa shape index (κ1) is 10.9. The zero-order valence-electron chi connectivity index (χ0n) is 8.65. The van der Waals surface area contributed by atoms with Crippen molar-refractivity contribution in [1.82, 2.24) is 0 Å². The van der Waals surface area contributed by atoms with Crippen LogP contribution in [0.5, 0.6) is 0 Å². The Morgan fingerprint density at radius 3 is 2.33 bits per heavy atom. The van der Waals surface area contributed by atoms with Gasteiger partial charge in [-0.05, 0) is 27.4 Å². The summed E-state index contributed by atoms with van der Waals surface area (Å²) < 4.78 is 26.9. The number of rotatable bonds is 1. The van der Waals surface area contributed by atoms with Crippen LogP contribution < -0.4 is 4.90 Å². The van der Waals surface area contributed by atoms with Gasteiger partial charge >= 0.3 is 0 Å². The lowest BCUT2D eigenvalue weighted by molar-refractivity contribution is 0.274. The molecule has 1 aliphatic rings. The first-order chi connectivity index (χ1) is 6.89. The maximum atomic E-state index is 13.5. The van der Waals surface area contributed by atoms with Crippen molar-refractivity contribution in [1.29, 1.82) is 0 Å². The van der Waals surface area contributed by atoms with E-state index in [1.165, 1.54) is 12.1 Å². The quantitative estimate of drug-likeness (QED) is 0.709. The molecule has 82 valence electrons. The lowest BCUT2D eigenvalue weighted by Crippen LogP contribution is -2.53. The van der Waals surface area contributed by atoms with Gasteiger partial charge in [-0.2, -0.15) is 0 Å². The molecule has 0 unspecified atom stereocenters. The maximum absolute atomic E-state index is 13.5. The number of nitrogens with zero attached hydrogens (tertiary/aromatic N) is 1. The van der Waals surface area contributed by atoms with E-state index in [1.54, 1.807) is 0 Å². The summed E-state index contributed by atoms with van der Waals surface area (Å²) in [6.07, 6.45) is 0. The van der Waals surface area contributed by atoms with E-state index >= 15 is 0 Å². The van der Waals surface area contributed by atoms with E-state index in [0.29, 0.717) is 5.69 Å². The van der Waals surface area contributed by atoms with Crippen LogP contribution in [-0.4, -0.2) is 13.1 Å². The summed E-state index contributed by atoms with van der Waals surface area (Å²) in [4.78, 5) is 1.85. The highest BCUT2D eigenvalue weighted by Crippen LogP contribution is 2.36. The summed E-state index contributed by atoms with van der Waals surface area (Å²) in [5.74, 6) is -0.796. The van der Waals surface area contributed by atoms with Crippen LogP contribution in [0, 0.1) is 17.0 Å². The van der Waals surface area contributed by atoms with E-state index in [1.807, 2.05) is 4.90 Å². The SMILES string of the molecule is CC1(C)CN(c2cc(F)c(Br)cc2F)C1. The summed E-state index contributed by atoms with van der Waals surface area (Å²) in [6.45, 7) is 5.75. The van der Waals surface area contributed by atoms with Gasteiger partial charge in [-0.15, -0.1) is 0 Å². The predicted molar refractivity (Wildman–Crippen MR) is 60.1 cm³/mol. The molecule has 1 saturated heterocycles. The van der Waals surface area contributed by atoms with Gasteiger partial charge in [0.2, 0.25) is 0 Å². The van der Waals surface area contributed by atoms with Gasteiger partial charge in [0.25, 0.3) is 0 Å². The minimum atomic E-state index is -0.420. The second kappa shape index (κ2) is 3.44. The van der Waals surface area contributed by atoms with Crippen molar-refractivity contribution in [3.05, 3.63) is 28.2 Å². The summed E-state index contributed by atoms with van der Waals surface area (Å²) in [6, 6.07) is 2.42. The normalized spacial score (nSPS) is 18.9. The molecule has 2 rings (SSSR count). The first-order valence-electron chi connectivity index (χ1n) is 4.78. The predicted octanol–water partition coefficient (Wildman–Crippen LogP) is 3.57. The van der Waals surface area contributed by atoms with Crippen molar-refractivity contribution in [3.8, 4) is 0 Å². The van der Waals surface area contributed by atoms with Crippen molar-refractivity contribution in [3.63, 3.8) is 0 Å². The van der Waals surface area contributed by atoms with Gasteiger partial charge in [0.1, 0.15) is 11.6 Å². The average Bonchev–Trinajstić information content (AvgIpc) is 2.07. The molecular formula is C11H12BrF2N. The third-order valence-corrected chi connectivity index (χ3v) is 3.18. The monoisotopic (exact) mass is 275 g/mol. The molecule has 15 heavy (non-hydrogen) atoms. The van der Waals surface area contributed by atoms with Crippen molar-refractivity contribution in [2.24, 2.45) is 5.41 Å². The Kier molecular flexibility index (Phi) is 2.49. The van der Waals surface area contributed by atoms with Crippen LogP contribution in [0.2, 0.25) is 0 Å². The van der Waals surface area contributed by atoms with Crippen molar-refractivity contribution in [2.75, 3.05) is 18.0 Å². The molecule has 0 spiro atoms. The van der Waals surface area contributed by atoms with Crippen LogP contribution in [0.3, 0.4) is 0 Å². The van der Waals surface area contributed by atoms with Crippen LogP contribution in [-0.2, 0) is 0 Å². The molecule has 1 heterocycles. The third-order valence-electron chi connectivity index (χ3n) is 2.57. The van der Waals surface area contributed by atoms with Gasteiger partial charge in [0.05, 0.1) is 10.2 Å². The van der Waals surface area contributed by atoms with Gasteiger partial charge in [-0.25, -0.2) is 8.78 Å². The van der Waals surface area contributed by atoms with Crippen molar-refractivity contribution >= 4 is 21.6 Å². The largest absolute Gasteiger partial charge is 0.368 e. The molecule has 0 atom stereocenters. The molecule has 0 bridgehead atoms. The van der Waals surface area contributed by atoms with Gasteiger partial charge in [-0.1, -0.05) is 13.8 Å². The summed E-state index contributed by atoms with van der Waals surface area (Å²) in [5.41, 5.74) is 0.561. The Bertz CT molecular complexity index is 396. The highest BCUT2D eigenvalue weighted by Gasteiger charge is 2.35. The molecular weight excluding hydrogens is 264 g/mol. The smallest absolute Gasteiger partial charge is 0.147 e. The minimum Gasteiger partial charge on any atom is -0.368 e. The Morgan fingerprint density at radius 1 is 1.20 bits per heavy atom. The Morgan fingerprint density at radius 2 is 1.80 bits per heavy atom. The third kappa shape index (κ3) is 2.00. The van der Waals surface area contributed by atoms with Crippen LogP contribution in [0.25, 0.3) is 0 Å². The Hall–Kier alpha value is -0.640. The molecule has 1 aromatic rings. The number of benzene rings is 1. The van der Waals surface area contributed by atoms with E-state index in [4.69, 9.17) is 0 Å². The topological polar surface area (TPSA) is 3.24 Å². The molecule has 4 heteroatoms. The molecule has 0 aliphatic carbocycles. The number of halogens is 3. The molecule has 1 aliphatic heterocycles. The number of anilines is 1. The summed E-state index contributed by atoms with van der Waals surface area (Å²) >= 11 is 2.96. The minimum absolute atomic E-state index is 0.170. The highest BCUT2D eigenvalue weighted by atomic mass is 79.9. The second-order valence-corrected chi connectivity index (χ2v) is 5.59. The van der Waals surface area contributed by atoms with Gasteiger partial charge in [0.15, 0.2) is 0 Å². The fraction of sp³-hybridized carbons (Fsp3) is 0.455. The molecule has 1 aromatic carbocycles. The van der Waals surface area contributed by atoms with Crippen LogP contribution in [0.4, 0.5) is 14.5 Å². The lowest BCUT2D eigenvalue weighted by atomic mass is 9.84. The molecule has 0 N–H and O–H groups in total. The highest BCUT2D eigenvalue weighted by molar-refractivity contribution is 9.10. The standard InChI is InChI=1S/C11H12BrF2N/c1-11(2)5-15(6-11)10-4-8(13)7(12)3-9(10)14/h3-4H,5-6H2,1-2H3.